The standard InChI is InChI=1S/C27H34I3N4O2/c1-30-23(15-20-16-31-24-11-7-6-10-22(20)24)26(35)34(21-12-13-21)25(14-19-8-4-3-5-9-19)27(36)32(2)33(17-28)18-29/h3-11,16,21-25,31H,12-15,17-18H2,1-2H3/q-1/t22?,23?,24?,25-/m1/s1. The number of hydrazine groups is 1. The van der Waals surface area contributed by atoms with Crippen LogP contribution in [0.2, 0.25) is 0 Å². The molecule has 1 aliphatic heterocycles. The van der Waals surface area contributed by atoms with Gasteiger partial charge in [0, 0.05) is 0 Å². The van der Waals surface area contributed by atoms with Crippen molar-refractivity contribution < 1.29 is 30.8 Å². The number of alkyl halides is 4. The minimum atomic E-state index is -0.496. The molecule has 4 atom stereocenters. The molecule has 36 heavy (non-hydrogen) atoms. The quantitative estimate of drug-likeness (QED) is 0.149. The molecule has 1 saturated carbocycles. The van der Waals surface area contributed by atoms with Crippen molar-refractivity contribution in [3.05, 3.63) is 72.0 Å². The van der Waals surface area contributed by atoms with Crippen molar-refractivity contribution in [2.24, 2.45) is 5.92 Å². The molecular weight excluding hydrogens is 793 g/mol. The molecule has 0 aromatic heterocycles. The van der Waals surface area contributed by atoms with E-state index in [2.05, 4.69) is 98.1 Å². The molecule has 196 valence electrons. The number of carbonyl (C=O) groups is 2. The Morgan fingerprint density at radius 2 is 1.75 bits per heavy atom. The van der Waals surface area contributed by atoms with Crippen LogP contribution in [0.25, 0.3) is 0 Å². The Hall–Kier alpha value is -0.670. The van der Waals surface area contributed by atoms with Gasteiger partial charge in [0.25, 0.3) is 0 Å². The summed E-state index contributed by atoms with van der Waals surface area (Å²) in [4.78, 5) is 32.4. The fourth-order valence-corrected chi connectivity index (χ4v) is 9.00. The van der Waals surface area contributed by atoms with Gasteiger partial charge in [0.1, 0.15) is 0 Å². The minimum absolute atomic E-state index is 0.00246. The molecule has 1 heterocycles. The van der Waals surface area contributed by atoms with E-state index in [1.165, 1.54) is 5.57 Å². The molecule has 0 spiro atoms. The molecule has 9 heteroatoms. The fourth-order valence-electron chi connectivity index (χ4n) is 4.87. The number of likely N-dealkylation sites (N-methyl/N-ethyl adjacent to an activating group) is 1. The van der Waals surface area contributed by atoms with E-state index in [0.29, 0.717) is 27.5 Å². The number of halogens is 3. The Morgan fingerprint density at radius 1 is 1.06 bits per heavy atom. The maximum absolute atomic E-state index is 14.3. The third-order valence-corrected chi connectivity index (χ3v) is 11.1. The van der Waals surface area contributed by atoms with E-state index >= 15 is 0 Å². The summed E-state index contributed by atoms with van der Waals surface area (Å²) in [6.07, 6.45) is 14.0. The second-order valence-corrected chi connectivity index (χ2v) is 13.5. The van der Waals surface area contributed by atoms with Gasteiger partial charge in [-0.2, -0.15) is 0 Å². The van der Waals surface area contributed by atoms with E-state index in [1.54, 1.807) is 5.01 Å². The van der Waals surface area contributed by atoms with Gasteiger partial charge in [0.05, 0.1) is 0 Å². The van der Waals surface area contributed by atoms with Crippen LogP contribution in [-0.4, -0.2) is 69.9 Å². The van der Waals surface area contributed by atoms with Crippen molar-refractivity contribution in [1.29, 1.82) is 0 Å². The van der Waals surface area contributed by atoms with Crippen molar-refractivity contribution in [2.45, 2.75) is 47.7 Å². The molecular formula is C27H34I3N4O2-. The van der Waals surface area contributed by atoms with Crippen molar-refractivity contribution in [1.82, 2.24) is 20.2 Å². The molecule has 4 rings (SSSR count). The third-order valence-electron chi connectivity index (χ3n) is 7.08. The SMILES string of the molecule is C[I-]C(CC1=CNC2C=CC=CC12)C(=O)N(C1CC1)[C@H](Cc1ccccc1)C(=O)N(C)N(CI)CI. The Kier molecular flexibility index (Phi) is 10.6. The molecule has 1 aromatic carbocycles. The molecule has 1 aromatic rings. The van der Waals surface area contributed by atoms with E-state index in [9.17, 15) is 9.59 Å². The van der Waals surface area contributed by atoms with Crippen molar-refractivity contribution in [2.75, 3.05) is 21.1 Å². The Morgan fingerprint density at radius 3 is 2.39 bits per heavy atom. The van der Waals surface area contributed by atoms with Crippen molar-refractivity contribution in [3.8, 4) is 0 Å². The summed E-state index contributed by atoms with van der Waals surface area (Å²) in [7, 11) is 1.84. The summed E-state index contributed by atoms with van der Waals surface area (Å²) in [5, 5.41) is 7.22. The first-order chi connectivity index (χ1) is 17.5. The van der Waals surface area contributed by atoms with Gasteiger partial charge in [0.2, 0.25) is 0 Å². The van der Waals surface area contributed by atoms with Gasteiger partial charge in [-0.15, -0.1) is 0 Å². The van der Waals surface area contributed by atoms with Gasteiger partial charge >= 0.3 is 255 Å². The summed E-state index contributed by atoms with van der Waals surface area (Å²) in [6.45, 7) is 0. The van der Waals surface area contributed by atoms with Gasteiger partial charge in [-0.1, -0.05) is 0 Å². The summed E-state index contributed by atoms with van der Waals surface area (Å²) < 4.78 is 1.40. The molecule has 1 fully saturated rings. The molecule has 1 N–H and O–H groups in total. The van der Waals surface area contributed by atoms with Gasteiger partial charge in [-0.05, 0) is 0 Å². The number of rotatable bonds is 12. The van der Waals surface area contributed by atoms with E-state index in [0.717, 1.165) is 24.8 Å². The first-order valence-corrected chi connectivity index (χ1v) is 18.7. The topological polar surface area (TPSA) is 55.9 Å². The Bertz CT molecular complexity index is 1010. The molecule has 0 bridgehead atoms. The average molecular weight is 827 g/mol. The third kappa shape index (κ3) is 6.66. The number of benzene rings is 1. The number of fused-ring (bicyclic) bond motifs is 1. The molecule has 0 radical (unpaired) electrons. The number of nitrogens with one attached hydrogen (secondary N) is 1. The summed E-state index contributed by atoms with van der Waals surface area (Å²) in [5.74, 6) is 0.497. The predicted octanol–water partition coefficient (Wildman–Crippen LogP) is 1.12. The molecule has 0 saturated heterocycles. The van der Waals surface area contributed by atoms with Crippen LogP contribution >= 0.6 is 45.2 Å². The first kappa shape index (κ1) is 28.3. The zero-order valence-electron chi connectivity index (χ0n) is 20.7. The van der Waals surface area contributed by atoms with Gasteiger partial charge in [0.15, 0.2) is 0 Å². The van der Waals surface area contributed by atoms with Crippen LogP contribution in [0.1, 0.15) is 24.8 Å². The zero-order chi connectivity index (χ0) is 25.7. The number of hydrogen-bond donors (Lipinski definition) is 1. The monoisotopic (exact) mass is 827 g/mol. The number of nitrogens with zero attached hydrogens (tertiary/aromatic N) is 3. The Labute approximate surface area is 252 Å². The van der Waals surface area contributed by atoms with Crippen molar-refractivity contribution >= 4 is 57.0 Å². The van der Waals surface area contributed by atoms with E-state index in [-0.39, 0.29) is 43.0 Å². The number of hydrogen-bond acceptors (Lipinski definition) is 4. The van der Waals surface area contributed by atoms with Crippen LogP contribution in [-0.2, 0) is 16.0 Å². The van der Waals surface area contributed by atoms with Crippen LogP contribution in [0.4, 0.5) is 0 Å². The second kappa shape index (κ2) is 13.4. The molecule has 2 amide bonds. The summed E-state index contributed by atoms with van der Waals surface area (Å²) in [6, 6.07) is 10.1. The average Bonchev–Trinajstić information content (AvgIpc) is 3.66. The number of allylic oxidation sites excluding steroid dienone is 2. The predicted molar refractivity (Wildman–Crippen MR) is 157 cm³/mol. The number of amides is 2. The first-order valence-electron chi connectivity index (χ1n) is 12.3. The van der Waals surface area contributed by atoms with Crippen molar-refractivity contribution in [3.63, 3.8) is 0 Å². The van der Waals surface area contributed by atoms with Crippen LogP contribution in [0, 0.1) is 5.92 Å². The fraction of sp³-hybridized carbons (Fsp3) is 0.481. The van der Waals surface area contributed by atoms with Gasteiger partial charge in [-0.25, -0.2) is 0 Å². The van der Waals surface area contributed by atoms with E-state index in [4.69, 9.17) is 0 Å². The Balaban J connectivity index is 1.59. The van der Waals surface area contributed by atoms with E-state index in [1.807, 2.05) is 35.2 Å². The molecule has 6 nitrogen and oxygen atoms in total. The van der Waals surface area contributed by atoms with Gasteiger partial charge < -0.3 is 0 Å². The van der Waals surface area contributed by atoms with Crippen LogP contribution in [0.3, 0.4) is 0 Å². The second-order valence-electron chi connectivity index (χ2n) is 9.39. The zero-order valence-corrected chi connectivity index (χ0v) is 27.2. The summed E-state index contributed by atoms with van der Waals surface area (Å²) >= 11 is 4.22. The van der Waals surface area contributed by atoms with Crippen LogP contribution < -0.4 is 26.5 Å². The van der Waals surface area contributed by atoms with Crippen LogP contribution in [0.15, 0.2) is 66.4 Å². The van der Waals surface area contributed by atoms with Gasteiger partial charge in [-0.3, -0.25) is 0 Å². The van der Waals surface area contributed by atoms with Crippen LogP contribution in [0.5, 0.6) is 0 Å². The normalized spacial score (nSPS) is 22.1. The van der Waals surface area contributed by atoms with E-state index < -0.39 is 6.04 Å². The maximum atomic E-state index is 14.3. The molecule has 2 aliphatic carbocycles. The number of carbonyl (C=O) groups excluding carboxylic acids is 2. The molecule has 3 aliphatic rings. The summed E-state index contributed by atoms with van der Waals surface area (Å²) in [5.41, 5.74) is 2.39. The molecule has 3 unspecified atom stereocenters.